The second-order valence-electron chi connectivity index (χ2n) is 4.48. The quantitative estimate of drug-likeness (QED) is 0.643. The number of fused-ring (bicyclic) bond motifs is 1. The maximum atomic E-state index is 11.9. The molecule has 2 aliphatic rings. The molecule has 2 rings (SSSR count). The fourth-order valence-electron chi connectivity index (χ4n) is 2.69. The highest BCUT2D eigenvalue weighted by Crippen LogP contribution is 2.32. The van der Waals surface area contributed by atoms with E-state index in [-0.39, 0.29) is 5.91 Å². The summed E-state index contributed by atoms with van der Waals surface area (Å²) in [6.07, 6.45) is 3.51. The van der Waals surface area contributed by atoms with E-state index in [9.17, 15) is 4.79 Å². The average Bonchev–Trinajstić information content (AvgIpc) is 2.57. The highest BCUT2D eigenvalue weighted by Gasteiger charge is 2.37. The van der Waals surface area contributed by atoms with Crippen molar-refractivity contribution in [1.82, 2.24) is 4.90 Å². The summed E-state index contributed by atoms with van der Waals surface area (Å²) >= 11 is 5.87. The van der Waals surface area contributed by atoms with Gasteiger partial charge in [0.1, 0.15) is 5.38 Å². The molecule has 0 bridgehead atoms. The molecule has 0 unspecified atom stereocenters. The van der Waals surface area contributed by atoms with Crippen LogP contribution in [0, 0.1) is 5.92 Å². The molecular weight excluding hydrogens is 214 g/mol. The van der Waals surface area contributed by atoms with E-state index >= 15 is 0 Å². The third-order valence-electron chi connectivity index (χ3n) is 3.45. The standard InChI is InChI=1S/C11H18ClNO2/c1-8(12)11(14)13-5-6-15-7-9-3-2-4-10(9)13/h8-10H,2-7H2,1H3/t8-,9-,10-/m0/s1. The van der Waals surface area contributed by atoms with Crippen LogP contribution in [0.25, 0.3) is 0 Å². The Bertz CT molecular complexity index is 245. The van der Waals surface area contributed by atoms with Gasteiger partial charge < -0.3 is 9.64 Å². The fraction of sp³-hybridized carbons (Fsp3) is 0.909. The molecule has 1 aliphatic heterocycles. The van der Waals surface area contributed by atoms with Crippen LogP contribution in [-0.4, -0.2) is 42.0 Å². The first-order chi connectivity index (χ1) is 7.20. The molecule has 0 radical (unpaired) electrons. The molecule has 0 spiro atoms. The van der Waals surface area contributed by atoms with E-state index in [0.29, 0.717) is 25.1 Å². The van der Waals surface area contributed by atoms with Crippen LogP contribution in [0.1, 0.15) is 26.2 Å². The van der Waals surface area contributed by atoms with E-state index in [0.717, 1.165) is 13.0 Å². The zero-order valence-electron chi connectivity index (χ0n) is 9.12. The van der Waals surface area contributed by atoms with Crippen LogP contribution in [0.15, 0.2) is 0 Å². The minimum atomic E-state index is -0.413. The highest BCUT2D eigenvalue weighted by atomic mass is 35.5. The first-order valence-electron chi connectivity index (χ1n) is 5.72. The molecule has 1 saturated carbocycles. The Kier molecular flexibility index (Phi) is 3.52. The molecule has 1 heterocycles. The number of alkyl halides is 1. The first-order valence-corrected chi connectivity index (χ1v) is 6.16. The van der Waals surface area contributed by atoms with Crippen molar-refractivity contribution in [3.63, 3.8) is 0 Å². The van der Waals surface area contributed by atoms with Gasteiger partial charge in [-0.25, -0.2) is 0 Å². The maximum absolute atomic E-state index is 11.9. The Morgan fingerprint density at radius 1 is 1.53 bits per heavy atom. The number of hydrogen-bond acceptors (Lipinski definition) is 2. The van der Waals surface area contributed by atoms with Crippen molar-refractivity contribution in [2.75, 3.05) is 19.8 Å². The molecule has 2 fully saturated rings. The predicted molar refractivity (Wildman–Crippen MR) is 59.0 cm³/mol. The smallest absolute Gasteiger partial charge is 0.240 e. The van der Waals surface area contributed by atoms with Crippen LogP contribution in [0.2, 0.25) is 0 Å². The molecule has 1 amide bonds. The van der Waals surface area contributed by atoms with E-state index < -0.39 is 5.38 Å². The molecular formula is C11H18ClNO2. The maximum Gasteiger partial charge on any atom is 0.240 e. The molecule has 3 atom stereocenters. The molecule has 0 aromatic rings. The van der Waals surface area contributed by atoms with E-state index in [1.165, 1.54) is 12.8 Å². The molecule has 15 heavy (non-hydrogen) atoms. The zero-order valence-corrected chi connectivity index (χ0v) is 9.87. The van der Waals surface area contributed by atoms with Gasteiger partial charge in [0.25, 0.3) is 0 Å². The number of halogens is 1. The molecule has 0 aromatic heterocycles. The van der Waals surface area contributed by atoms with E-state index in [1.807, 2.05) is 4.90 Å². The lowest BCUT2D eigenvalue weighted by Gasteiger charge is -2.30. The summed E-state index contributed by atoms with van der Waals surface area (Å²) in [4.78, 5) is 13.9. The number of ether oxygens (including phenoxy) is 1. The van der Waals surface area contributed by atoms with Gasteiger partial charge in [0, 0.05) is 18.5 Å². The number of nitrogens with zero attached hydrogens (tertiary/aromatic N) is 1. The largest absolute Gasteiger partial charge is 0.379 e. The molecule has 1 saturated heterocycles. The third kappa shape index (κ3) is 2.28. The van der Waals surface area contributed by atoms with Gasteiger partial charge in [0.05, 0.1) is 13.2 Å². The van der Waals surface area contributed by atoms with E-state index in [1.54, 1.807) is 6.92 Å². The Morgan fingerprint density at radius 3 is 3.07 bits per heavy atom. The molecule has 3 nitrogen and oxygen atoms in total. The minimum absolute atomic E-state index is 0.0686. The highest BCUT2D eigenvalue weighted by molar-refractivity contribution is 6.30. The molecule has 4 heteroatoms. The minimum Gasteiger partial charge on any atom is -0.379 e. The summed E-state index contributed by atoms with van der Waals surface area (Å²) in [6.45, 7) is 3.92. The van der Waals surface area contributed by atoms with Crippen molar-refractivity contribution in [2.24, 2.45) is 5.92 Å². The van der Waals surface area contributed by atoms with Crippen molar-refractivity contribution >= 4 is 17.5 Å². The lowest BCUT2D eigenvalue weighted by molar-refractivity contribution is -0.133. The number of carbonyl (C=O) groups is 1. The van der Waals surface area contributed by atoms with E-state index in [4.69, 9.17) is 16.3 Å². The van der Waals surface area contributed by atoms with Gasteiger partial charge in [0.15, 0.2) is 0 Å². The van der Waals surface area contributed by atoms with Crippen molar-refractivity contribution in [1.29, 1.82) is 0 Å². The monoisotopic (exact) mass is 231 g/mol. The fourth-order valence-corrected chi connectivity index (χ4v) is 2.81. The summed E-state index contributed by atoms with van der Waals surface area (Å²) in [5, 5.41) is -0.413. The summed E-state index contributed by atoms with van der Waals surface area (Å²) < 4.78 is 5.53. The molecule has 86 valence electrons. The zero-order chi connectivity index (χ0) is 10.8. The van der Waals surface area contributed by atoms with Crippen LogP contribution in [0.5, 0.6) is 0 Å². The van der Waals surface area contributed by atoms with Crippen LogP contribution in [0.3, 0.4) is 0 Å². The summed E-state index contributed by atoms with van der Waals surface area (Å²) in [5.74, 6) is 0.603. The van der Waals surface area contributed by atoms with Gasteiger partial charge in [-0.15, -0.1) is 11.6 Å². The number of hydrogen-bond donors (Lipinski definition) is 0. The van der Waals surface area contributed by atoms with Crippen LogP contribution in [0.4, 0.5) is 0 Å². The van der Waals surface area contributed by atoms with Crippen LogP contribution < -0.4 is 0 Å². The Morgan fingerprint density at radius 2 is 2.33 bits per heavy atom. The van der Waals surface area contributed by atoms with Crippen molar-refractivity contribution in [2.45, 2.75) is 37.6 Å². The summed E-state index contributed by atoms with van der Waals surface area (Å²) in [5.41, 5.74) is 0. The second-order valence-corrected chi connectivity index (χ2v) is 5.14. The topological polar surface area (TPSA) is 29.5 Å². The van der Waals surface area contributed by atoms with Gasteiger partial charge in [-0.05, 0) is 19.8 Å². The predicted octanol–water partition coefficient (Wildman–Crippen LogP) is 1.64. The molecule has 1 aliphatic carbocycles. The number of amides is 1. The molecule has 0 N–H and O–H groups in total. The average molecular weight is 232 g/mol. The third-order valence-corrected chi connectivity index (χ3v) is 3.64. The lowest BCUT2D eigenvalue weighted by atomic mass is 10.0. The van der Waals surface area contributed by atoms with Crippen molar-refractivity contribution in [3.8, 4) is 0 Å². The second kappa shape index (κ2) is 4.71. The van der Waals surface area contributed by atoms with Crippen LogP contribution in [-0.2, 0) is 9.53 Å². The number of carbonyl (C=O) groups excluding carboxylic acids is 1. The van der Waals surface area contributed by atoms with Gasteiger partial charge in [0.2, 0.25) is 5.91 Å². The lowest BCUT2D eigenvalue weighted by Crippen LogP contribution is -2.45. The van der Waals surface area contributed by atoms with E-state index in [2.05, 4.69) is 0 Å². The normalized spacial score (nSPS) is 33.3. The Hall–Kier alpha value is -0.280. The van der Waals surface area contributed by atoms with Crippen molar-refractivity contribution < 1.29 is 9.53 Å². The van der Waals surface area contributed by atoms with Crippen LogP contribution >= 0.6 is 11.6 Å². The summed E-state index contributed by atoms with van der Waals surface area (Å²) in [7, 11) is 0. The van der Waals surface area contributed by atoms with Gasteiger partial charge in [-0.1, -0.05) is 6.42 Å². The number of rotatable bonds is 1. The van der Waals surface area contributed by atoms with Gasteiger partial charge >= 0.3 is 0 Å². The molecule has 0 aromatic carbocycles. The summed E-state index contributed by atoms with van der Waals surface area (Å²) in [6, 6.07) is 0.376. The van der Waals surface area contributed by atoms with Gasteiger partial charge in [-0.2, -0.15) is 0 Å². The van der Waals surface area contributed by atoms with Crippen molar-refractivity contribution in [3.05, 3.63) is 0 Å². The van der Waals surface area contributed by atoms with Gasteiger partial charge in [-0.3, -0.25) is 4.79 Å². The SMILES string of the molecule is C[C@H](Cl)C(=O)N1CCOC[C@@H]2CCC[C@@H]21. The first kappa shape index (κ1) is 11.2. The Labute approximate surface area is 95.7 Å². The Balaban J connectivity index is 2.10.